The molecule has 1 aliphatic carbocycles. The number of nitrogens with zero attached hydrogens (tertiary/aromatic N) is 2. The zero-order valence-corrected chi connectivity index (χ0v) is 18.2. The molecule has 0 spiro atoms. The second-order valence-electron chi connectivity index (χ2n) is 8.95. The maximum absolute atomic E-state index is 14.3. The first kappa shape index (κ1) is 24.6. The van der Waals surface area contributed by atoms with Crippen molar-refractivity contribution in [3.05, 3.63) is 59.9 Å². The zero-order chi connectivity index (χ0) is 24.6. The van der Waals surface area contributed by atoms with Crippen molar-refractivity contribution < 1.29 is 26.7 Å². The van der Waals surface area contributed by atoms with E-state index in [9.17, 15) is 32.0 Å². The highest BCUT2D eigenvalue weighted by Gasteiger charge is 2.60. The lowest BCUT2D eigenvalue weighted by molar-refractivity contribution is -0.198. The van der Waals surface area contributed by atoms with E-state index in [0.717, 1.165) is 0 Å². The van der Waals surface area contributed by atoms with Gasteiger partial charge < -0.3 is 10.6 Å². The summed E-state index contributed by atoms with van der Waals surface area (Å²) in [5.74, 6) is -1.56. The molecule has 0 bridgehead atoms. The third-order valence-electron chi connectivity index (χ3n) is 5.63. The lowest BCUT2D eigenvalue weighted by Crippen LogP contribution is -2.55. The lowest BCUT2D eigenvalue weighted by atomic mass is 9.95. The van der Waals surface area contributed by atoms with Crippen LogP contribution in [0, 0.1) is 17.1 Å². The SMILES string of the molecule is CC(C)(F)C[C@H](N)C(=O)N([C@@H](c1ccc(-c2ccc(F)cc2)cc1)C(F)(F)F)C1(C#N)CC1. The number of nitrogens with two attached hydrogens (primary N) is 1. The molecular weight excluding hydrogens is 441 g/mol. The van der Waals surface area contributed by atoms with Crippen molar-refractivity contribution in [1.82, 2.24) is 4.90 Å². The molecule has 0 aliphatic heterocycles. The molecule has 0 saturated heterocycles. The Balaban J connectivity index is 2.02. The molecule has 1 saturated carbocycles. The van der Waals surface area contributed by atoms with Gasteiger partial charge in [0.1, 0.15) is 17.0 Å². The Kier molecular flexibility index (Phi) is 6.53. The van der Waals surface area contributed by atoms with E-state index in [1.165, 1.54) is 62.4 Å². The third kappa shape index (κ3) is 5.50. The van der Waals surface area contributed by atoms with Crippen LogP contribution in [-0.2, 0) is 4.79 Å². The molecule has 0 radical (unpaired) electrons. The van der Waals surface area contributed by atoms with Gasteiger partial charge in [-0.05, 0) is 55.5 Å². The second-order valence-corrected chi connectivity index (χ2v) is 8.95. The average Bonchev–Trinajstić information content (AvgIpc) is 3.51. The van der Waals surface area contributed by atoms with E-state index in [2.05, 4.69) is 0 Å². The largest absolute Gasteiger partial charge is 0.413 e. The number of hydrogen-bond donors (Lipinski definition) is 1. The van der Waals surface area contributed by atoms with Gasteiger partial charge in [0.15, 0.2) is 6.04 Å². The van der Waals surface area contributed by atoms with Crippen LogP contribution >= 0.6 is 0 Å². The zero-order valence-electron chi connectivity index (χ0n) is 18.2. The molecule has 2 atom stereocenters. The number of amides is 1. The van der Waals surface area contributed by atoms with Gasteiger partial charge in [-0.1, -0.05) is 36.4 Å². The Hall–Kier alpha value is -2.99. The Morgan fingerprint density at radius 3 is 1.94 bits per heavy atom. The average molecular weight is 465 g/mol. The van der Waals surface area contributed by atoms with Crippen LogP contribution in [0.4, 0.5) is 22.0 Å². The first-order valence-electron chi connectivity index (χ1n) is 10.4. The van der Waals surface area contributed by atoms with Crippen molar-refractivity contribution in [2.75, 3.05) is 0 Å². The van der Waals surface area contributed by atoms with Crippen molar-refractivity contribution in [3.63, 3.8) is 0 Å². The van der Waals surface area contributed by atoms with E-state index in [1.54, 1.807) is 0 Å². The molecule has 1 aliphatic rings. The molecule has 1 amide bonds. The summed E-state index contributed by atoms with van der Waals surface area (Å²) in [5.41, 5.74) is 3.18. The predicted octanol–water partition coefficient (Wildman–Crippen LogP) is 5.45. The molecule has 1 fully saturated rings. The summed E-state index contributed by atoms with van der Waals surface area (Å²) in [4.78, 5) is 13.6. The highest BCUT2D eigenvalue weighted by atomic mass is 19.4. The Morgan fingerprint density at radius 1 is 1.06 bits per heavy atom. The quantitative estimate of drug-likeness (QED) is 0.553. The van der Waals surface area contributed by atoms with Gasteiger partial charge in [0, 0.05) is 6.42 Å². The summed E-state index contributed by atoms with van der Waals surface area (Å²) in [6.07, 6.45) is -5.26. The van der Waals surface area contributed by atoms with Gasteiger partial charge in [0.05, 0.1) is 12.1 Å². The molecule has 0 unspecified atom stereocenters. The summed E-state index contributed by atoms with van der Waals surface area (Å²) in [6, 6.07) is 8.62. The molecule has 9 heteroatoms. The number of benzene rings is 2. The first-order valence-corrected chi connectivity index (χ1v) is 10.4. The van der Waals surface area contributed by atoms with E-state index in [-0.39, 0.29) is 18.4 Å². The second kappa shape index (κ2) is 8.75. The third-order valence-corrected chi connectivity index (χ3v) is 5.63. The minimum atomic E-state index is -4.91. The molecule has 2 aromatic rings. The fourth-order valence-corrected chi connectivity index (χ4v) is 3.88. The fourth-order valence-electron chi connectivity index (χ4n) is 3.88. The van der Waals surface area contributed by atoms with Crippen LogP contribution in [0.2, 0.25) is 0 Å². The Morgan fingerprint density at radius 2 is 1.55 bits per heavy atom. The van der Waals surface area contributed by atoms with Gasteiger partial charge >= 0.3 is 6.18 Å². The van der Waals surface area contributed by atoms with Gasteiger partial charge in [0.25, 0.3) is 0 Å². The van der Waals surface area contributed by atoms with Crippen molar-refractivity contribution in [2.45, 2.75) is 62.6 Å². The summed E-state index contributed by atoms with van der Waals surface area (Å²) < 4.78 is 70.2. The topological polar surface area (TPSA) is 70.1 Å². The molecule has 2 aromatic carbocycles. The lowest BCUT2D eigenvalue weighted by Gasteiger charge is -2.38. The number of halogens is 5. The number of carbonyl (C=O) groups excluding carboxylic acids is 1. The molecule has 2 N–H and O–H groups in total. The van der Waals surface area contributed by atoms with Crippen LogP contribution < -0.4 is 5.73 Å². The van der Waals surface area contributed by atoms with Gasteiger partial charge in [-0.3, -0.25) is 4.79 Å². The van der Waals surface area contributed by atoms with Gasteiger partial charge in [-0.25, -0.2) is 8.78 Å². The van der Waals surface area contributed by atoms with Crippen molar-refractivity contribution >= 4 is 5.91 Å². The van der Waals surface area contributed by atoms with E-state index in [4.69, 9.17) is 5.73 Å². The molecular formula is C24H24F5N3O. The van der Waals surface area contributed by atoms with Gasteiger partial charge in [-0.2, -0.15) is 18.4 Å². The summed E-state index contributed by atoms with van der Waals surface area (Å²) in [5, 5.41) is 9.61. The number of hydrogen-bond acceptors (Lipinski definition) is 3. The molecule has 3 rings (SSSR count). The summed E-state index contributed by atoms with van der Waals surface area (Å²) in [7, 11) is 0. The number of carbonyl (C=O) groups is 1. The van der Waals surface area contributed by atoms with Crippen molar-refractivity contribution in [1.29, 1.82) is 5.26 Å². The monoisotopic (exact) mass is 465 g/mol. The molecule has 4 nitrogen and oxygen atoms in total. The van der Waals surface area contributed by atoms with Crippen LogP contribution in [0.25, 0.3) is 11.1 Å². The maximum Gasteiger partial charge on any atom is 0.413 e. The van der Waals surface area contributed by atoms with E-state index in [1.807, 2.05) is 6.07 Å². The number of rotatable bonds is 7. The fraction of sp³-hybridized carbons (Fsp3) is 0.417. The van der Waals surface area contributed by atoms with Gasteiger partial charge in [0.2, 0.25) is 5.91 Å². The number of alkyl halides is 4. The summed E-state index contributed by atoms with van der Waals surface area (Å²) >= 11 is 0. The molecule has 0 aromatic heterocycles. The van der Waals surface area contributed by atoms with Crippen LogP contribution in [0.5, 0.6) is 0 Å². The Labute approximate surface area is 188 Å². The smallest absolute Gasteiger partial charge is 0.320 e. The Bertz CT molecular complexity index is 1030. The standard InChI is InChI=1S/C24H24F5N3O/c1-22(2,26)13-19(31)21(33)32(23(14-30)11-12-23)20(24(27,28)29)17-5-3-15(4-6-17)16-7-9-18(25)10-8-16/h3-10,19-20H,11-13,31H2,1-2H3/t19-,20-/m0/s1. The van der Waals surface area contributed by atoms with Crippen LogP contribution in [0.1, 0.15) is 44.7 Å². The maximum atomic E-state index is 14.3. The minimum absolute atomic E-state index is 0.0707. The van der Waals surface area contributed by atoms with Crippen LogP contribution in [-0.4, -0.2) is 34.2 Å². The van der Waals surface area contributed by atoms with E-state index in [0.29, 0.717) is 16.0 Å². The molecule has 33 heavy (non-hydrogen) atoms. The van der Waals surface area contributed by atoms with Crippen molar-refractivity contribution in [3.8, 4) is 17.2 Å². The van der Waals surface area contributed by atoms with Crippen LogP contribution in [0.15, 0.2) is 48.5 Å². The number of nitriles is 1. The van der Waals surface area contributed by atoms with E-state index < -0.39 is 47.6 Å². The predicted molar refractivity (Wildman–Crippen MR) is 113 cm³/mol. The summed E-state index contributed by atoms with van der Waals surface area (Å²) in [6.45, 7) is 2.36. The molecule has 176 valence electrons. The van der Waals surface area contributed by atoms with E-state index >= 15 is 0 Å². The highest BCUT2D eigenvalue weighted by molar-refractivity contribution is 5.84. The highest BCUT2D eigenvalue weighted by Crippen LogP contribution is 2.50. The van der Waals surface area contributed by atoms with Gasteiger partial charge in [-0.15, -0.1) is 0 Å². The minimum Gasteiger partial charge on any atom is -0.320 e. The van der Waals surface area contributed by atoms with Crippen molar-refractivity contribution in [2.24, 2.45) is 5.73 Å². The first-order chi connectivity index (χ1) is 15.3. The normalized spacial score (nSPS) is 17.1. The van der Waals surface area contributed by atoms with Crippen LogP contribution in [0.3, 0.4) is 0 Å². The molecule has 0 heterocycles.